The van der Waals surface area contributed by atoms with E-state index < -0.39 is 0 Å². The molecule has 0 radical (unpaired) electrons. The maximum absolute atomic E-state index is 3.99. The van der Waals surface area contributed by atoms with E-state index in [1.807, 2.05) is 0 Å². The molecule has 0 spiro atoms. The predicted molar refractivity (Wildman–Crippen MR) is 78.9 cm³/mol. The van der Waals surface area contributed by atoms with E-state index in [9.17, 15) is 0 Å². The summed E-state index contributed by atoms with van der Waals surface area (Å²) in [7, 11) is 0. The SMILES string of the molecule is CCC(NC1CCN(CC)CC1)C1CCCCC1. The van der Waals surface area contributed by atoms with Gasteiger partial charge in [0.1, 0.15) is 0 Å². The lowest BCUT2D eigenvalue weighted by Gasteiger charge is -2.37. The molecule has 1 heterocycles. The Bertz CT molecular complexity index is 215. The molecule has 2 rings (SSSR count). The minimum absolute atomic E-state index is 0.791. The molecular weight excluding hydrogens is 220 g/mol. The first kappa shape index (κ1) is 14.3. The van der Waals surface area contributed by atoms with Crippen molar-refractivity contribution in [2.75, 3.05) is 19.6 Å². The van der Waals surface area contributed by atoms with Gasteiger partial charge in [-0.25, -0.2) is 0 Å². The lowest BCUT2D eigenvalue weighted by molar-refractivity contribution is 0.175. The van der Waals surface area contributed by atoms with Crippen molar-refractivity contribution < 1.29 is 0 Å². The van der Waals surface area contributed by atoms with Crippen LogP contribution < -0.4 is 5.32 Å². The topological polar surface area (TPSA) is 15.3 Å². The van der Waals surface area contributed by atoms with Gasteiger partial charge in [-0.3, -0.25) is 0 Å². The van der Waals surface area contributed by atoms with Gasteiger partial charge in [-0.1, -0.05) is 33.1 Å². The van der Waals surface area contributed by atoms with Gasteiger partial charge in [0, 0.05) is 12.1 Å². The monoisotopic (exact) mass is 252 g/mol. The number of hydrogen-bond acceptors (Lipinski definition) is 2. The largest absolute Gasteiger partial charge is 0.311 e. The average Bonchev–Trinajstić information content (AvgIpc) is 2.46. The second-order valence-electron chi connectivity index (χ2n) is 6.29. The Morgan fingerprint density at radius 3 is 2.22 bits per heavy atom. The minimum atomic E-state index is 0.791. The summed E-state index contributed by atoms with van der Waals surface area (Å²) >= 11 is 0. The van der Waals surface area contributed by atoms with Crippen LogP contribution in [0.2, 0.25) is 0 Å². The van der Waals surface area contributed by atoms with E-state index >= 15 is 0 Å². The van der Waals surface area contributed by atoms with E-state index in [4.69, 9.17) is 0 Å². The molecular formula is C16H32N2. The molecule has 1 saturated heterocycles. The van der Waals surface area contributed by atoms with E-state index in [1.165, 1.54) is 71.0 Å². The van der Waals surface area contributed by atoms with Crippen molar-refractivity contribution in [1.82, 2.24) is 10.2 Å². The molecule has 2 nitrogen and oxygen atoms in total. The average molecular weight is 252 g/mol. The summed E-state index contributed by atoms with van der Waals surface area (Å²) in [6.07, 6.45) is 11.4. The number of nitrogens with zero attached hydrogens (tertiary/aromatic N) is 1. The van der Waals surface area contributed by atoms with E-state index in [2.05, 4.69) is 24.1 Å². The van der Waals surface area contributed by atoms with Gasteiger partial charge < -0.3 is 10.2 Å². The fourth-order valence-electron chi connectivity index (χ4n) is 3.84. The van der Waals surface area contributed by atoms with Crippen LogP contribution in [0, 0.1) is 5.92 Å². The zero-order valence-electron chi connectivity index (χ0n) is 12.5. The highest BCUT2D eigenvalue weighted by Crippen LogP contribution is 2.28. The standard InChI is InChI=1S/C16H32N2/c1-3-16(14-8-6-5-7-9-14)17-15-10-12-18(4-2)13-11-15/h14-17H,3-13H2,1-2H3. The molecule has 1 aliphatic heterocycles. The Hall–Kier alpha value is -0.0800. The molecule has 0 aromatic rings. The second kappa shape index (κ2) is 7.49. The van der Waals surface area contributed by atoms with Gasteiger partial charge in [0.05, 0.1) is 0 Å². The molecule has 1 saturated carbocycles. The molecule has 1 atom stereocenters. The fourth-order valence-corrected chi connectivity index (χ4v) is 3.84. The lowest BCUT2D eigenvalue weighted by Crippen LogP contribution is -2.48. The van der Waals surface area contributed by atoms with Gasteiger partial charge in [-0.15, -0.1) is 0 Å². The fraction of sp³-hybridized carbons (Fsp3) is 1.00. The van der Waals surface area contributed by atoms with Crippen molar-refractivity contribution in [1.29, 1.82) is 0 Å². The van der Waals surface area contributed by atoms with Crippen molar-refractivity contribution >= 4 is 0 Å². The molecule has 1 N–H and O–H groups in total. The second-order valence-corrected chi connectivity index (χ2v) is 6.29. The van der Waals surface area contributed by atoms with Gasteiger partial charge in [-0.2, -0.15) is 0 Å². The molecule has 0 aromatic heterocycles. The van der Waals surface area contributed by atoms with Crippen molar-refractivity contribution in [3.05, 3.63) is 0 Å². The number of likely N-dealkylation sites (tertiary alicyclic amines) is 1. The zero-order chi connectivity index (χ0) is 12.8. The summed E-state index contributed by atoms with van der Waals surface area (Å²) < 4.78 is 0. The number of rotatable bonds is 5. The van der Waals surface area contributed by atoms with Crippen molar-refractivity contribution in [2.24, 2.45) is 5.92 Å². The van der Waals surface area contributed by atoms with Crippen LogP contribution in [-0.2, 0) is 0 Å². The number of piperidine rings is 1. The summed E-state index contributed by atoms with van der Waals surface area (Å²) in [6, 6.07) is 1.59. The van der Waals surface area contributed by atoms with Crippen LogP contribution in [0.4, 0.5) is 0 Å². The Balaban J connectivity index is 1.76. The smallest absolute Gasteiger partial charge is 0.00953 e. The van der Waals surface area contributed by atoms with E-state index in [0.717, 1.165) is 18.0 Å². The summed E-state index contributed by atoms with van der Waals surface area (Å²) in [5, 5.41) is 3.99. The third kappa shape index (κ3) is 3.96. The summed E-state index contributed by atoms with van der Waals surface area (Å²) in [6.45, 7) is 8.48. The highest BCUT2D eigenvalue weighted by Gasteiger charge is 2.26. The van der Waals surface area contributed by atoms with Gasteiger partial charge in [0.2, 0.25) is 0 Å². The van der Waals surface area contributed by atoms with Crippen molar-refractivity contribution in [3.8, 4) is 0 Å². The van der Waals surface area contributed by atoms with Crippen LogP contribution in [0.3, 0.4) is 0 Å². The van der Waals surface area contributed by atoms with Crippen LogP contribution in [-0.4, -0.2) is 36.6 Å². The first-order valence-electron chi connectivity index (χ1n) is 8.31. The van der Waals surface area contributed by atoms with Gasteiger partial charge in [0.25, 0.3) is 0 Å². The summed E-state index contributed by atoms with van der Waals surface area (Å²) in [5.41, 5.74) is 0. The predicted octanol–water partition coefficient (Wildman–Crippen LogP) is 3.42. The molecule has 18 heavy (non-hydrogen) atoms. The van der Waals surface area contributed by atoms with E-state index in [-0.39, 0.29) is 0 Å². The van der Waals surface area contributed by atoms with Crippen molar-refractivity contribution in [3.63, 3.8) is 0 Å². The quantitative estimate of drug-likeness (QED) is 0.806. The first-order chi connectivity index (χ1) is 8.83. The third-order valence-corrected chi connectivity index (χ3v) is 5.14. The van der Waals surface area contributed by atoms with Crippen LogP contribution in [0.5, 0.6) is 0 Å². The Kier molecular flexibility index (Phi) is 5.97. The van der Waals surface area contributed by atoms with E-state index in [1.54, 1.807) is 0 Å². The normalized spacial score (nSPS) is 26.3. The summed E-state index contributed by atoms with van der Waals surface area (Å²) in [4.78, 5) is 2.58. The highest BCUT2D eigenvalue weighted by molar-refractivity contribution is 4.84. The van der Waals surface area contributed by atoms with Crippen LogP contribution in [0.1, 0.15) is 65.2 Å². The third-order valence-electron chi connectivity index (χ3n) is 5.14. The summed E-state index contributed by atoms with van der Waals surface area (Å²) in [5.74, 6) is 0.966. The van der Waals surface area contributed by atoms with E-state index in [0.29, 0.717) is 0 Å². The zero-order valence-corrected chi connectivity index (χ0v) is 12.5. The number of nitrogens with one attached hydrogen (secondary N) is 1. The van der Waals surface area contributed by atoms with Gasteiger partial charge in [-0.05, 0) is 57.7 Å². The lowest BCUT2D eigenvalue weighted by atomic mass is 9.82. The van der Waals surface area contributed by atoms with Crippen molar-refractivity contribution in [2.45, 2.75) is 77.3 Å². The van der Waals surface area contributed by atoms with Crippen LogP contribution >= 0.6 is 0 Å². The van der Waals surface area contributed by atoms with Crippen LogP contribution in [0.15, 0.2) is 0 Å². The van der Waals surface area contributed by atoms with Crippen LogP contribution in [0.25, 0.3) is 0 Å². The first-order valence-corrected chi connectivity index (χ1v) is 8.31. The molecule has 106 valence electrons. The highest BCUT2D eigenvalue weighted by atomic mass is 15.1. The Labute approximate surface area is 114 Å². The molecule has 0 amide bonds. The molecule has 2 heteroatoms. The maximum atomic E-state index is 3.99. The molecule has 2 aliphatic rings. The van der Waals surface area contributed by atoms with Gasteiger partial charge in [0.15, 0.2) is 0 Å². The minimum Gasteiger partial charge on any atom is -0.311 e. The van der Waals surface area contributed by atoms with Gasteiger partial charge >= 0.3 is 0 Å². The molecule has 0 bridgehead atoms. The maximum Gasteiger partial charge on any atom is 0.00953 e. The molecule has 1 aliphatic carbocycles. The number of hydrogen-bond donors (Lipinski definition) is 1. The Morgan fingerprint density at radius 1 is 1.00 bits per heavy atom. The molecule has 2 fully saturated rings. The molecule has 1 unspecified atom stereocenters. The Morgan fingerprint density at radius 2 is 1.67 bits per heavy atom. The molecule has 0 aromatic carbocycles.